The lowest BCUT2D eigenvalue weighted by Crippen LogP contribution is -2.54. The third-order valence-electron chi connectivity index (χ3n) is 10.2. The van der Waals surface area contributed by atoms with E-state index in [0.29, 0.717) is 35.6 Å². The highest BCUT2D eigenvalue weighted by Gasteiger charge is 2.45. The van der Waals surface area contributed by atoms with E-state index in [0.717, 1.165) is 11.2 Å². The molecule has 0 bridgehead atoms. The number of fused-ring (bicyclic) bond motifs is 1. The number of primary amides is 1. The van der Waals surface area contributed by atoms with Crippen molar-refractivity contribution in [2.45, 2.75) is 44.6 Å². The number of aromatic nitrogens is 7. The average Bonchev–Trinajstić information content (AvgIpc) is 4.11. The van der Waals surface area contributed by atoms with Gasteiger partial charge in [0.25, 0.3) is 29.5 Å². The summed E-state index contributed by atoms with van der Waals surface area (Å²) in [6.07, 6.45) is 1.35. The van der Waals surface area contributed by atoms with Gasteiger partial charge in [-0.25, -0.2) is 14.6 Å². The number of hydrogen-bond donors (Lipinski definition) is 6. The van der Waals surface area contributed by atoms with Crippen LogP contribution in [0.2, 0.25) is 0 Å². The van der Waals surface area contributed by atoms with Crippen LogP contribution in [-0.4, -0.2) is 106 Å². The number of piperidine rings is 1. The van der Waals surface area contributed by atoms with Crippen molar-refractivity contribution in [3.05, 3.63) is 113 Å². The highest BCUT2D eigenvalue weighted by atomic mass is 19.4. The van der Waals surface area contributed by atoms with Crippen molar-refractivity contribution in [1.82, 2.24) is 50.3 Å². The number of hydrogen-bond acceptors (Lipinski definition) is 15. The molecule has 1 unspecified atom stereocenters. The number of pyridine rings is 1. The predicted octanol–water partition coefficient (Wildman–Crippen LogP) is 2.67. The van der Waals surface area contributed by atoms with Gasteiger partial charge in [0.05, 0.1) is 41.4 Å². The van der Waals surface area contributed by atoms with Crippen molar-refractivity contribution in [1.29, 1.82) is 0 Å². The maximum absolute atomic E-state index is 13.4. The van der Waals surface area contributed by atoms with Crippen molar-refractivity contribution < 1.29 is 51.2 Å². The number of benzene rings is 2. The molecule has 25 heteroatoms. The Kier molecular flexibility index (Phi) is 12.1. The second kappa shape index (κ2) is 18.1. The molecule has 1 saturated heterocycles. The number of carbonyl (C=O) groups excluding carboxylic acids is 7. The fourth-order valence-corrected chi connectivity index (χ4v) is 7.02. The maximum Gasteiger partial charge on any atom is 0.405 e. The lowest BCUT2D eigenvalue weighted by Gasteiger charge is -2.27. The second-order valence-corrected chi connectivity index (χ2v) is 14.7. The molecule has 0 saturated carbocycles. The van der Waals surface area contributed by atoms with Gasteiger partial charge in [-0.15, -0.1) is 5.10 Å². The van der Waals surface area contributed by atoms with Gasteiger partial charge in [-0.05, 0) is 61.4 Å². The summed E-state index contributed by atoms with van der Waals surface area (Å²) in [5.74, 6) is -4.73. The van der Waals surface area contributed by atoms with E-state index in [1.54, 1.807) is 35.1 Å². The van der Waals surface area contributed by atoms with Gasteiger partial charge < -0.3 is 31.4 Å². The summed E-state index contributed by atoms with van der Waals surface area (Å²) >= 11 is 0. The highest BCUT2D eigenvalue weighted by Crippen LogP contribution is 2.33. The largest absolute Gasteiger partial charge is 0.444 e. The van der Waals surface area contributed by atoms with Crippen LogP contribution in [-0.2, 0) is 22.7 Å². The molecule has 7 N–H and O–H groups in total. The smallest absolute Gasteiger partial charge is 0.405 e. The zero-order valence-electron chi connectivity index (χ0n) is 34.1. The van der Waals surface area contributed by atoms with Crippen LogP contribution in [0.15, 0.2) is 83.9 Å². The zero-order valence-corrected chi connectivity index (χ0v) is 34.1. The quantitative estimate of drug-likeness (QED) is 0.0601. The van der Waals surface area contributed by atoms with Gasteiger partial charge in [0, 0.05) is 42.5 Å². The molecule has 2 aliphatic heterocycles. The van der Waals surface area contributed by atoms with E-state index in [-0.39, 0.29) is 77.3 Å². The van der Waals surface area contributed by atoms with Crippen LogP contribution in [0, 0.1) is 0 Å². The normalized spacial score (nSPS) is 14.8. The number of imide groups is 2. The third-order valence-corrected chi connectivity index (χ3v) is 10.2. The summed E-state index contributed by atoms with van der Waals surface area (Å²) in [6, 6.07) is 12.5. The van der Waals surface area contributed by atoms with E-state index in [1.807, 2.05) is 0 Å². The molecule has 6 aromatic rings. The summed E-state index contributed by atoms with van der Waals surface area (Å²) in [7, 11) is 0. The van der Waals surface area contributed by atoms with Gasteiger partial charge in [0.15, 0.2) is 11.4 Å². The van der Waals surface area contributed by atoms with Crippen LogP contribution in [0.25, 0.3) is 17.1 Å². The molecule has 0 radical (unpaired) electrons. The first kappa shape index (κ1) is 43.9. The highest BCUT2D eigenvalue weighted by molar-refractivity contribution is 6.25. The zero-order chi connectivity index (χ0) is 46.7. The summed E-state index contributed by atoms with van der Waals surface area (Å²) in [5, 5.41) is 25.2. The average molecular weight is 909 g/mol. The molecule has 66 heavy (non-hydrogen) atoms. The van der Waals surface area contributed by atoms with E-state index < -0.39 is 54.2 Å². The first-order valence-corrected chi connectivity index (χ1v) is 19.9. The van der Waals surface area contributed by atoms with Crippen LogP contribution in [0.1, 0.15) is 77.0 Å². The van der Waals surface area contributed by atoms with E-state index in [4.69, 9.17) is 10.2 Å². The number of nitrogens with two attached hydrogens (primary N) is 1. The molecular weight excluding hydrogens is 874 g/mol. The third kappa shape index (κ3) is 9.58. The topological polar surface area (TPSA) is 296 Å². The Bertz CT molecular complexity index is 2910. The number of aryl methyl sites for hydroxylation is 1. The molecule has 0 aliphatic carbocycles. The maximum atomic E-state index is 13.4. The van der Waals surface area contributed by atoms with Gasteiger partial charge in [-0.3, -0.25) is 48.5 Å². The van der Waals surface area contributed by atoms with E-state index in [1.165, 1.54) is 47.4 Å². The Hall–Kier alpha value is -8.77. The fraction of sp³-hybridized carbons (Fsp3) is 0.220. The summed E-state index contributed by atoms with van der Waals surface area (Å²) in [6.45, 7) is -0.478. The first-order chi connectivity index (χ1) is 31.6. The number of nitrogens with one attached hydrogen (secondary N) is 5. The molecule has 1 atom stereocenters. The molecule has 0 spiro atoms. The molecule has 1 fully saturated rings. The summed E-state index contributed by atoms with van der Waals surface area (Å²) in [4.78, 5) is 97.7. The molecule has 4 aromatic heterocycles. The standard InChI is InChI=1S/C41H35F3N14O8/c42-41(43,44)20-49-30-15-22(11-13-46-30)38-51-28(19-66-38)36(62)50-27-18-57(54-33(27)34(45)60)24-7-5-21(6-8-24)35(61)47-12-2-14-56-17-23(53-55-56)16-48-26-4-1-3-25-32(26)40(65)58(39(25)64)29-9-10-31(59)52-37(29)63/h1,3-8,11,13,15,17-19,29,48H,2,9-10,12,14,16,20H2,(H2,45,60)(H,46,49)(H,47,61)(H,50,62)(H,52,59,63). The Morgan fingerprint density at radius 2 is 1.76 bits per heavy atom. The molecule has 338 valence electrons. The number of alkyl halides is 3. The number of amides is 7. The molecule has 2 aromatic carbocycles. The minimum absolute atomic E-state index is 0.00900. The van der Waals surface area contributed by atoms with E-state index >= 15 is 0 Å². The Morgan fingerprint density at radius 3 is 2.52 bits per heavy atom. The van der Waals surface area contributed by atoms with Crippen LogP contribution in [0.5, 0.6) is 0 Å². The number of anilines is 3. The molecular formula is C41H35F3N14O8. The number of carbonyl (C=O) groups is 7. The summed E-state index contributed by atoms with van der Waals surface area (Å²) in [5.41, 5.74) is 7.08. The minimum Gasteiger partial charge on any atom is -0.444 e. The van der Waals surface area contributed by atoms with Crippen LogP contribution < -0.4 is 32.3 Å². The van der Waals surface area contributed by atoms with E-state index in [2.05, 4.69) is 52.0 Å². The van der Waals surface area contributed by atoms with Gasteiger partial charge in [0.1, 0.15) is 30.4 Å². The molecule has 7 amide bonds. The molecule has 8 rings (SSSR count). The van der Waals surface area contributed by atoms with Crippen LogP contribution >= 0.6 is 0 Å². The Labute approximate surface area is 369 Å². The number of oxazole rings is 1. The number of halogens is 3. The second-order valence-electron chi connectivity index (χ2n) is 14.7. The van der Waals surface area contributed by atoms with Crippen molar-refractivity contribution >= 4 is 58.5 Å². The molecule has 2 aliphatic rings. The SMILES string of the molecule is NC(=O)c1nn(-c2ccc(C(=O)NCCCn3cc(CNc4cccc5c4C(=O)N(C4CCC(=O)NC4=O)C5=O)nn3)cc2)cc1NC(=O)c1coc(-c2ccnc(NCC(F)(F)F)c2)n1. The van der Waals surface area contributed by atoms with Crippen molar-refractivity contribution in [3.8, 4) is 17.1 Å². The van der Waals surface area contributed by atoms with Crippen LogP contribution in [0.3, 0.4) is 0 Å². The monoisotopic (exact) mass is 908 g/mol. The van der Waals surface area contributed by atoms with Crippen molar-refractivity contribution in [2.24, 2.45) is 5.73 Å². The lowest BCUT2D eigenvalue weighted by atomic mass is 10.0. The Balaban J connectivity index is 0.812. The van der Waals surface area contributed by atoms with E-state index in [9.17, 15) is 46.7 Å². The first-order valence-electron chi connectivity index (χ1n) is 19.9. The van der Waals surface area contributed by atoms with Crippen molar-refractivity contribution in [2.75, 3.05) is 29.0 Å². The fourth-order valence-electron chi connectivity index (χ4n) is 7.02. The molecule has 6 heterocycles. The minimum atomic E-state index is -4.47. The Morgan fingerprint density at radius 1 is 0.955 bits per heavy atom. The lowest BCUT2D eigenvalue weighted by molar-refractivity contribution is -0.136. The summed E-state index contributed by atoms with van der Waals surface area (Å²) < 4.78 is 46.1. The predicted molar refractivity (Wildman–Crippen MR) is 222 cm³/mol. The molecule has 22 nitrogen and oxygen atoms in total. The number of nitrogens with zero attached hydrogens (tertiary/aromatic N) is 8. The number of rotatable bonds is 16. The van der Waals surface area contributed by atoms with Gasteiger partial charge in [0.2, 0.25) is 17.7 Å². The van der Waals surface area contributed by atoms with Crippen LogP contribution in [0.4, 0.5) is 30.4 Å². The van der Waals surface area contributed by atoms with Gasteiger partial charge in [-0.1, -0.05) is 11.3 Å². The van der Waals surface area contributed by atoms with Gasteiger partial charge >= 0.3 is 6.18 Å². The van der Waals surface area contributed by atoms with Crippen molar-refractivity contribution in [3.63, 3.8) is 0 Å². The van der Waals surface area contributed by atoms with Gasteiger partial charge in [-0.2, -0.15) is 18.3 Å².